The Bertz CT molecular complexity index is 829. The Morgan fingerprint density at radius 1 is 1.27 bits per heavy atom. The van der Waals surface area contributed by atoms with Crippen molar-refractivity contribution in [3.8, 4) is 0 Å². The molecule has 3 rings (SSSR count). The van der Waals surface area contributed by atoms with E-state index in [1.165, 1.54) is 6.07 Å². The van der Waals surface area contributed by atoms with Crippen LogP contribution in [0.2, 0.25) is 0 Å². The van der Waals surface area contributed by atoms with Crippen LogP contribution in [0.1, 0.15) is 22.5 Å². The number of primary amides is 1. The van der Waals surface area contributed by atoms with Crippen molar-refractivity contribution in [2.24, 2.45) is 18.7 Å². The number of amides is 3. The first-order chi connectivity index (χ1) is 12.4. The second kappa shape index (κ2) is 7.43. The predicted octanol–water partition coefficient (Wildman–Crippen LogP) is 1.15. The number of hydrogen-bond acceptors (Lipinski definition) is 3. The highest BCUT2D eigenvalue weighted by atomic mass is 16.2. The van der Waals surface area contributed by atoms with Crippen molar-refractivity contribution in [1.82, 2.24) is 9.47 Å². The van der Waals surface area contributed by atoms with E-state index in [0.717, 1.165) is 12.0 Å². The Morgan fingerprint density at radius 3 is 2.65 bits per heavy atom. The molecule has 1 aliphatic rings. The van der Waals surface area contributed by atoms with Crippen molar-refractivity contribution < 1.29 is 14.4 Å². The maximum absolute atomic E-state index is 12.5. The smallest absolute Gasteiger partial charge is 0.265 e. The van der Waals surface area contributed by atoms with Gasteiger partial charge in [0.25, 0.3) is 5.91 Å². The first kappa shape index (κ1) is 17.7. The summed E-state index contributed by atoms with van der Waals surface area (Å²) in [4.78, 5) is 37.7. The molecular formula is C19H22N4O3. The molecule has 3 amide bonds. The van der Waals surface area contributed by atoms with E-state index in [2.05, 4.69) is 5.32 Å². The predicted molar refractivity (Wildman–Crippen MR) is 97.4 cm³/mol. The minimum atomic E-state index is -0.559. The van der Waals surface area contributed by atoms with Crippen molar-refractivity contribution in [2.75, 3.05) is 18.4 Å². The number of aromatic nitrogens is 1. The van der Waals surface area contributed by atoms with Gasteiger partial charge in [0.05, 0.1) is 11.6 Å². The Kier molecular flexibility index (Phi) is 5.06. The average Bonchev–Trinajstić information content (AvgIpc) is 3.16. The Labute approximate surface area is 151 Å². The van der Waals surface area contributed by atoms with E-state index < -0.39 is 11.8 Å². The van der Waals surface area contributed by atoms with Gasteiger partial charge in [-0.25, -0.2) is 0 Å². The standard InChI is InChI=1S/C19H22N4O3/c1-22-12-15(10-16(22)18(20)25)21-19(26)14-9-17(24)23(11-14)8-7-13-5-3-2-4-6-13/h2-6,10,12,14H,7-9,11H2,1H3,(H2,20,25)(H,21,26). The maximum atomic E-state index is 12.5. The number of carbonyl (C=O) groups is 3. The van der Waals surface area contributed by atoms with Gasteiger partial charge in [-0.05, 0) is 18.1 Å². The second-order valence-corrected chi connectivity index (χ2v) is 6.55. The molecule has 1 aliphatic heterocycles. The molecule has 0 spiro atoms. The monoisotopic (exact) mass is 354 g/mol. The summed E-state index contributed by atoms with van der Waals surface area (Å²) >= 11 is 0. The van der Waals surface area contributed by atoms with Crippen LogP contribution >= 0.6 is 0 Å². The van der Waals surface area contributed by atoms with E-state index in [9.17, 15) is 14.4 Å². The van der Waals surface area contributed by atoms with Crippen LogP contribution in [0.15, 0.2) is 42.6 Å². The number of anilines is 1. The number of carbonyl (C=O) groups excluding carboxylic acids is 3. The highest BCUT2D eigenvalue weighted by Crippen LogP contribution is 2.21. The SMILES string of the molecule is Cn1cc(NC(=O)C2CC(=O)N(CCc3ccccc3)C2)cc1C(N)=O. The number of nitrogens with zero attached hydrogens (tertiary/aromatic N) is 2. The van der Waals surface area contributed by atoms with E-state index in [1.54, 1.807) is 22.7 Å². The van der Waals surface area contributed by atoms with E-state index in [-0.39, 0.29) is 18.2 Å². The van der Waals surface area contributed by atoms with Crippen molar-refractivity contribution in [1.29, 1.82) is 0 Å². The molecule has 1 unspecified atom stereocenters. The zero-order valence-electron chi connectivity index (χ0n) is 14.6. The molecule has 2 aromatic rings. The summed E-state index contributed by atoms with van der Waals surface area (Å²) in [5.41, 5.74) is 7.25. The number of aryl methyl sites for hydroxylation is 1. The Hall–Kier alpha value is -3.09. The van der Waals surface area contributed by atoms with Crippen LogP contribution in [0.5, 0.6) is 0 Å². The molecule has 136 valence electrons. The third-order valence-electron chi connectivity index (χ3n) is 4.62. The van der Waals surface area contributed by atoms with Gasteiger partial charge < -0.3 is 20.5 Å². The highest BCUT2D eigenvalue weighted by Gasteiger charge is 2.34. The van der Waals surface area contributed by atoms with Crippen LogP contribution in [0.4, 0.5) is 5.69 Å². The summed E-state index contributed by atoms with van der Waals surface area (Å²) in [6.07, 6.45) is 2.60. The van der Waals surface area contributed by atoms with Gasteiger partial charge in [-0.1, -0.05) is 30.3 Å². The number of likely N-dealkylation sites (tertiary alicyclic amines) is 1. The highest BCUT2D eigenvalue weighted by molar-refractivity contribution is 5.99. The molecule has 3 N–H and O–H groups in total. The molecule has 1 aromatic heterocycles. The second-order valence-electron chi connectivity index (χ2n) is 6.55. The molecule has 2 heterocycles. The summed E-state index contributed by atoms with van der Waals surface area (Å²) in [6, 6.07) is 11.5. The van der Waals surface area contributed by atoms with E-state index in [1.807, 2.05) is 30.3 Å². The molecule has 1 saturated heterocycles. The van der Waals surface area contributed by atoms with Crippen molar-refractivity contribution in [3.05, 3.63) is 53.9 Å². The molecule has 1 fully saturated rings. The van der Waals surface area contributed by atoms with Crippen LogP contribution in [0, 0.1) is 5.92 Å². The first-order valence-corrected chi connectivity index (χ1v) is 8.53. The van der Waals surface area contributed by atoms with Crippen LogP contribution in [0.25, 0.3) is 0 Å². The quantitative estimate of drug-likeness (QED) is 0.814. The number of nitrogens with two attached hydrogens (primary N) is 1. The molecular weight excluding hydrogens is 332 g/mol. The van der Waals surface area contributed by atoms with Gasteiger partial charge in [-0.15, -0.1) is 0 Å². The van der Waals surface area contributed by atoms with Gasteiger partial charge in [0, 0.05) is 32.8 Å². The average molecular weight is 354 g/mol. The van der Waals surface area contributed by atoms with Crippen molar-refractivity contribution in [2.45, 2.75) is 12.8 Å². The van der Waals surface area contributed by atoms with Gasteiger partial charge in [0.2, 0.25) is 11.8 Å². The molecule has 0 aliphatic carbocycles. The third kappa shape index (κ3) is 3.93. The summed E-state index contributed by atoms with van der Waals surface area (Å²) < 4.78 is 1.56. The molecule has 0 radical (unpaired) electrons. The van der Waals surface area contributed by atoms with Gasteiger partial charge in [-0.2, -0.15) is 0 Å². The van der Waals surface area contributed by atoms with Crippen LogP contribution in [-0.2, 0) is 23.1 Å². The maximum Gasteiger partial charge on any atom is 0.265 e. The molecule has 1 aromatic carbocycles. The lowest BCUT2D eigenvalue weighted by Crippen LogP contribution is -2.29. The molecule has 7 nitrogen and oxygen atoms in total. The fourth-order valence-corrected chi connectivity index (χ4v) is 3.19. The number of hydrogen-bond donors (Lipinski definition) is 2. The van der Waals surface area contributed by atoms with Crippen LogP contribution < -0.4 is 11.1 Å². The summed E-state index contributed by atoms with van der Waals surface area (Å²) in [7, 11) is 1.68. The molecule has 0 bridgehead atoms. The molecule has 1 atom stereocenters. The van der Waals surface area contributed by atoms with E-state index in [4.69, 9.17) is 5.73 Å². The minimum Gasteiger partial charge on any atom is -0.364 e. The number of benzene rings is 1. The van der Waals surface area contributed by atoms with Crippen molar-refractivity contribution in [3.63, 3.8) is 0 Å². The fraction of sp³-hybridized carbons (Fsp3) is 0.316. The summed E-state index contributed by atoms with van der Waals surface area (Å²) in [5.74, 6) is -1.18. The molecule has 7 heteroatoms. The Balaban J connectivity index is 1.56. The first-order valence-electron chi connectivity index (χ1n) is 8.53. The van der Waals surface area contributed by atoms with Crippen LogP contribution in [-0.4, -0.2) is 40.3 Å². The van der Waals surface area contributed by atoms with E-state index >= 15 is 0 Å². The third-order valence-corrected chi connectivity index (χ3v) is 4.62. The fourth-order valence-electron chi connectivity index (χ4n) is 3.19. The number of rotatable bonds is 6. The summed E-state index contributed by atoms with van der Waals surface area (Å²) in [5, 5.41) is 2.77. The molecule has 26 heavy (non-hydrogen) atoms. The van der Waals surface area contributed by atoms with E-state index in [0.29, 0.717) is 24.5 Å². The van der Waals surface area contributed by atoms with Gasteiger partial charge in [0.15, 0.2) is 0 Å². The lowest BCUT2D eigenvalue weighted by atomic mass is 10.1. The largest absolute Gasteiger partial charge is 0.364 e. The van der Waals surface area contributed by atoms with Gasteiger partial charge >= 0.3 is 0 Å². The minimum absolute atomic E-state index is 0.00744. The zero-order valence-corrected chi connectivity index (χ0v) is 14.6. The molecule has 0 saturated carbocycles. The zero-order chi connectivity index (χ0) is 18.7. The van der Waals surface area contributed by atoms with Gasteiger partial charge in [0.1, 0.15) is 5.69 Å². The topological polar surface area (TPSA) is 97.4 Å². The Morgan fingerprint density at radius 2 is 2.00 bits per heavy atom. The van der Waals surface area contributed by atoms with Crippen molar-refractivity contribution >= 4 is 23.4 Å². The normalized spacial score (nSPS) is 16.7. The van der Waals surface area contributed by atoms with Gasteiger partial charge in [-0.3, -0.25) is 14.4 Å². The lowest BCUT2D eigenvalue weighted by Gasteiger charge is -2.16. The lowest BCUT2D eigenvalue weighted by molar-refractivity contribution is -0.128. The summed E-state index contributed by atoms with van der Waals surface area (Å²) in [6.45, 7) is 1.01. The van der Waals surface area contributed by atoms with Crippen LogP contribution in [0.3, 0.4) is 0 Å². The number of nitrogens with one attached hydrogen (secondary N) is 1.